The number of phenolic OH excluding ortho intramolecular Hbond substituents is 1. The highest BCUT2D eigenvalue weighted by Gasteiger charge is 2.43. The number of H-pyrrole nitrogens is 1. The number of thiazole rings is 1. The van der Waals surface area contributed by atoms with Crippen LogP contribution in [-0.2, 0) is 22.6 Å². The van der Waals surface area contributed by atoms with Gasteiger partial charge in [-0.2, -0.15) is 0 Å². The molecular formula is C46H53N9O5S. The number of carbonyl (C=O) groups excluding carboxylic acids is 2. The minimum Gasteiger partial charge on any atom is -0.507 e. The largest absolute Gasteiger partial charge is 0.507 e. The van der Waals surface area contributed by atoms with Crippen LogP contribution in [0.25, 0.3) is 32.7 Å². The highest BCUT2D eigenvalue weighted by atomic mass is 32.1. The van der Waals surface area contributed by atoms with E-state index < -0.39 is 18.1 Å². The molecule has 0 aliphatic carbocycles. The number of likely N-dealkylation sites (tertiary alicyclic amines) is 1. The van der Waals surface area contributed by atoms with Crippen LogP contribution in [0.15, 0.2) is 70.7 Å². The first-order valence-electron chi connectivity index (χ1n) is 21.4. The topological polar surface area (TPSA) is 177 Å². The van der Waals surface area contributed by atoms with Gasteiger partial charge in [0.2, 0.25) is 11.8 Å². The summed E-state index contributed by atoms with van der Waals surface area (Å²) in [5.41, 5.74) is 9.41. The van der Waals surface area contributed by atoms with Crippen molar-refractivity contribution >= 4 is 40.0 Å². The molecule has 2 aromatic carbocycles. The Bertz CT molecular complexity index is 2520. The number of piperidine rings is 1. The first-order chi connectivity index (χ1) is 29.5. The average molecular weight is 844 g/mol. The van der Waals surface area contributed by atoms with Crippen molar-refractivity contribution in [3.8, 4) is 27.4 Å². The molecule has 4 aromatic heterocycles. The van der Waals surface area contributed by atoms with Gasteiger partial charge < -0.3 is 34.8 Å². The molecule has 2 fully saturated rings. The van der Waals surface area contributed by atoms with Crippen molar-refractivity contribution in [3.05, 3.63) is 94.4 Å². The number of carbonyl (C=O) groups is 2. The van der Waals surface area contributed by atoms with Crippen LogP contribution >= 0.6 is 11.3 Å². The van der Waals surface area contributed by atoms with E-state index in [-0.39, 0.29) is 42.5 Å². The number of rotatable bonds is 11. The Morgan fingerprint density at radius 3 is 2.57 bits per heavy atom. The van der Waals surface area contributed by atoms with E-state index in [1.165, 1.54) is 16.2 Å². The minimum absolute atomic E-state index is 0.0855. The third-order valence-electron chi connectivity index (χ3n) is 13.0. The second kappa shape index (κ2) is 17.0. The van der Waals surface area contributed by atoms with E-state index in [0.717, 1.165) is 84.0 Å². The van der Waals surface area contributed by atoms with Crippen LogP contribution < -0.4 is 10.2 Å². The van der Waals surface area contributed by atoms with E-state index in [2.05, 4.69) is 47.4 Å². The highest BCUT2D eigenvalue weighted by Crippen LogP contribution is 2.39. The molecule has 2 saturated heterocycles. The predicted octanol–water partition coefficient (Wildman–Crippen LogP) is 6.60. The number of nitrogens with zero attached hydrogens (tertiary/aromatic N) is 7. The predicted molar refractivity (Wildman–Crippen MR) is 234 cm³/mol. The molecule has 6 aromatic rings. The number of anilines is 1. The summed E-state index contributed by atoms with van der Waals surface area (Å²) in [7, 11) is 0. The molecule has 0 spiro atoms. The normalized spacial score (nSPS) is 20.4. The number of aromatic hydroxyl groups is 1. The molecule has 14 nitrogen and oxygen atoms in total. The Kier molecular flexibility index (Phi) is 11.4. The molecule has 9 rings (SSSR count). The van der Waals surface area contributed by atoms with Gasteiger partial charge in [0.1, 0.15) is 17.7 Å². The molecule has 2 amide bonds. The number of amides is 2. The van der Waals surface area contributed by atoms with Gasteiger partial charge in [0.15, 0.2) is 17.2 Å². The zero-order chi connectivity index (χ0) is 42.4. The van der Waals surface area contributed by atoms with Gasteiger partial charge in [-0.25, -0.2) is 4.98 Å². The minimum atomic E-state index is -0.796. The summed E-state index contributed by atoms with van der Waals surface area (Å²) in [6.07, 6.45) is 2.29. The molecule has 318 valence electrons. The molecule has 3 aliphatic rings. The summed E-state index contributed by atoms with van der Waals surface area (Å²) in [4.78, 5) is 43.2. The number of aliphatic hydroxyl groups is 1. The molecule has 4 N–H and O–H groups in total. The number of aromatic amines is 1. The van der Waals surface area contributed by atoms with Crippen LogP contribution in [0, 0.1) is 18.8 Å². The van der Waals surface area contributed by atoms with Gasteiger partial charge in [0.05, 0.1) is 27.9 Å². The van der Waals surface area contributed by atoms with Crippen molar-refractivity contribution < 1.29 is 24.3 Å². The second-order valence-corrected chi connectivity index (χ2v) is 18.1. The first-order valence-corrected chi connectivity index (χ1v) is 22.3. The number of aromatic nitrogens is 5. The van der Waals surface area contributed by atoms with Gasteiger partial charge in [-0.3, -0.25) is 14.5 Å². The Morgan fingerprint density at radius 1 is 1.05 bits per heavy atom. The Balaban J connectivity index is 0.811. The monoisotopic (exact) mass is 843 g/mol. The number of hydrogen-bond donors (Lipinski definition) is 4. The summed E-state index contributed by atoms with van der Waals surface area (Å²) >= 11 is 1.60. The molecule has 7 heterocycles. The Hall–Kier alpha value is -5.64. The summed E-state index contributed by atoms with van der Waals surface area (Å²) in [5.74, 6) is 0.572. The summed E-state index contributed by atoms with van der Waals surface area (Å²) in [6.45, 7) is 12.2. The number of para-hydroxylation sites is 1. The van der Waals surface area contributed by atoms with Crippen LogP contribution in [0.1, 0.15) is 80.3 Å². The fourth-order valence-corrected chi connectivity index (χ4v) is 10.4. The molecule has 0 saturated carbocycles. The van der Waals surface area contributed by atoms with Crippen LogP contribution in [0.4, 0.5) is 5.82 Å². The lowest BCUT2D eigenvalue weighted by molar-refractivity contribution is -0.141. The van der Waals surface area contributed by atoms with Crippen molar-refractivity contribution in [1.29, 1.82) is 0 Å². The van der Waals surface area contributed by atoms with Gasteiger partial charge in [-0.15, -0.1) is 21.5 Å². The molecular weight excluding hydrogens is 791 g/mol. The Morgan fingerprint density at radius 2 is 1.84 bits per heavy atom. The number of aliphatic hydroxyl groups excluding tert-OH is 1. The van der Waals surface area contributed by atoms with Gasteiger partial charge in [-0.1, -0.05) is 55.4 Å². The van der Waals surface area contributed by atoms with E-state index in [9.17, 15) is 19.8 Å². The SMILES string of the molecule is Cc1ncsc1-c1ccc(CNC(=O)[C@@H]2C[C@@H](O)CN2C(=O)[C@@H](c2cc(N3CCC(CN4CCc5[nH]c6nnc(-c7ccccc7O)cc6c5[C@H]4C)CC3)no2)C(C)C)cc1. The van der Waals surface area contributed by atoms with Crippen molar-refractivity contribution in [3.63, 3.8) is 0 Å². The number of nitrogens with one attached hydrogen (secondary N) is 2. The van der Waals surface area contributed by atoms with Crippen molar-refractivity contribution in [1.82, 2.24) is 40.4 Å². The van der Waals surface area contributed by atoms with Crippen LogP contribution in [0.3, 0.4) is 0 Å². The molecule has 61 heavy (non-hydrogen) atoms. The van der Waals surface area contributed by atoms with E-state index in [1.54, 1.807) is 23.5 Å². The average Bonchev–Trinajstić information content (AvgIpc) is 4.08. The summed E-state index contributed by atoms with van der Waals surface area (Å²) in [5, 5.41) is 38.6. The highest BCUT2D eigenvalue weighted by molar-refractivity contribution is 7.13. The fourth-order valence-electron chi connectivity index (χ4n) is 9.57. The number of benzene rings is 2. The first kappa shape index (κ1) is 40.7. The van der Waals surface area contributed by atoms with Gasteiger partial charge >= 0.3 is 0 Å². The lowest BCUT2D eigenvalue weighted by atomic mass is 9.91. The third kappa shape index (κ3) is 8.13. The lowest BCUT2D eigenvalue weighted by Crippen LogP contribution is -2.48. The zero-order valence-electron chi connectivity index (χ0n) is 35.0. The molecule has 0 radical (unpaired) electrons. The van der Waals surface area contributed by atoms with E-state index in [1.807, 2.05) is 74.8 Å². The van der Waals surface area contributed by atoms with Gasteiger partial charge in [-0.05, 0) is 73.4 Å². The second-order valence-electron chi connectivity index (χ2n) is 17.3. The quantitative estimate of drug-likeness (QED) is 0.111. The van der Waals surface area contributed by atoms with Crippen molar-refractivity contribution in [2.45, 2.75) is 84.0 Å². The van der Waals surface area contributed by atoms with E-state index in [4.69, 9.17) is 4.52 Å². The molecule has 15 heteroatoms. The summed E-state index contributed by atoms with van der Waals surface area (Å²) < 4.78 is 5.92. The van der Waals surface area contributed by atoms with Crippen LogP contribution in [0.2, 0.25) is 0 Å². The number of aryl methyl sites for hydroxylation is 1. The molecule has 0 unspecified atom stereocenters. The van der Waals surface area contributed by atoms with Crippen molar-refractivity contribution in [2.24, 2.45) is 11.8 Å². The maximum atomic E-state index is 14.3. The standard InChI is InChI=1S/C46H53N9O5S/c1-26(2)41(46(59)55-24-32(56)19-37(55)45(58)47-22-29-9-11-31(12-10-29)43-27(3)48-25-61-43)39-21-40(52-60-39)53-16-13-30(14-17-53)23-54-18-15-35-42(28(54)4)34-20-36(50-51-44(34)49-35)33-7-5-6-8-38(33)57/h5-12,20-21,25-26,28,30,32,37,41,56-57H,13-19,22-24H2,1-4H3,(H,47,58)(H,49,51)/t28-,32-,37+,41-/m1/s1. The fraction of sp³-hybridized carbons (Fsp3) is 0.435. The maximum absolute atomic E-state index is 14.3. The van der Waals surface area contributed by atoms with Crippen LogP contribution in [0.5, 0.6) is 5.75 Å². The van der Waals surface area contributed by atoms with Gasteiger partial charge in [0.25, 0.3) is 0 Å². The summed E-state index contributed by atoms with van der Waals surface area (Å²) in [6, 6.07) is 18.6. The third-order valence-corrected chi connectivity index (χ3v) is 13.9. The van der Waals surface area contributed by atoms with E-state index >= 15 is 0 Å². The van der Waals surface area contributed by atoms with Crippen molar-refractivity contribution in [2.75, 3.05) is 37.6 Å². The van der Waals surface area contributed by atoms with Gasteiger partial charge in [0, 0.05) is 80.9 Å². The number of β-amino-alcohol motifs (C(OH)–C–C–N with tert-alkyl or cyclic N) is 1. The smallest absolute Gasteiger partial charge is 0.243 e. The number of fused-ring (bicyclic) bond motifs is 3. The van der Waals surface area contributed by atoms with E-state index in [0.29, 0.717) is 29.5 Å². The Labute approximate surface area is 359 Å². The number of hydrogen-bond acceptors (Lipinski definition) is 12. The molecule has 3 aliphatic heterocycles. The number of phenols is 1. The van der Waals surface area contributed by atoms with Crippen LogP contribution in [-0.4, -0.2) is 102 Å². The lowest BCUT2D eigenvalue weighted by Gasteiger charge is -2.39. The zero-order valence-corrected chi connectivity index (χ0v) is 35.9. The maximum Gasteiger partial charge on any atom is 0.243 e. The molecule has 0 bridgehead atoms. The molecule has 4 atom stereocenters.